The summed E-state index contributed by atoms with van der Waals surface area (Å²) in [6, 6.07) is 1.38. The lowest BCUT2D eigenvalue weighted by molar-refractivity contribution is 0.0696. The number of aromatic carboxylic acids is 1. The smallest absolute Gasteiger partial charge is 0.337 e. The van der Waals surface area contributed by atoms with Crippen LogP contribution in [-0.2, 0) is 0 Å². The monoisotopic (exact) mass is 221 g/mol. The maximum atomic E-state index is 11.6. The van der Waals surface area contributed by atoms with Crippen LogP contribution in [0.5, 0.6) is 0 Å². The van der Waals surface area contributed by atoms with E-state index in [1.807, 2.05) is 13.8 Å². The first kappa shape index (κ1) is 10.4. The number of rotatable bonds is 2. The molecule has 0 aliphatic rings. The first-order chi connectivity index (χ1) is 7.50. The number of carboxylic acid groups (broad SMARTS) is 1. The summed E-state index contributed by atoms with van der Waals surface area (Å²) in [7, 11) is 0. The van der Waals surface area contributed by atoms with Crippen LogP contribution in [0.25, 0.3) is 11.2 Å². The van der Waals surface area contributed by atoms with E-state index in [2.05, 4.69) is 9.97 Å². The summed E-state index contributed by atoms with van der Waals surface area (Å²) in [4.78, 5) is 28.9. The maximum absolute atomic E-state index is 11.6. The van der Waals surface area contributed by atoms with Crippen molar-refractivity contribution in [2.45, 2.75) is 19.9 Å². The predicted octanol–water partition coefficient (Wildman–Crippen LogP) is 1.00. The Labute approximate surface area is 90.5 Å². The molecular formula is C10H11N3O3. The Morgan fingerprint density at radius 2 is 2.25 bits per heavy atom. The van der Waals surface area contributed by atoms with E-state index >= 15 is 0 Å². The van der Waals surface area contributed by atoms with Crippen LogP contribution in [0.15, 0.2) is 17.1 Å². The Kier molecular flexibility index (Phi) is 2.26. The number of aromatic nitrogens is 3. The summed E-state index contributed by atoms with van der Waals surface area (Å²) in [6.07, 6.45) is 1.25. The molecule has 2 heterocycles. The van der Waals surface area contributed by atoms with Crippen molar-refractivity contribution >= 4 is 17.1 Å². The average molecular weight is 221 g/mol. The fourth-order valence-corrected chi connectivity index (χ4v) is 1.61. The van der Waals surface area contributed by atoms with Crippen molar-refractivity contribution in [1.82, 2.24) is 14.5 Å². The van der Waals surface area contributed by atoms with E-state index < -0.39 is 5.97 Å². The minimum absolute atomic E-state index is 0.0237. The lowest BCUT2D eigenvalue weighted by atomic mass is 10.3. The summed E-state index contributed by atoms with van der Waals surface area (Å²) < 4.78 is 1.49. The van der Waals surface area contributed by atoms with Crippen molar-refractivity contribution < 1.29 is 9.90 Å². The van der Waals surface area contributed by atoms with Gasteiger partial charge in [0.2, 0.25) is 0 Å². The van der Waals surface area contributed by atoms with Crippen molar-refractivity contribution in [2.75, 3.05) is 0 Å². The van der Waals surface area contributed by atoms with Crippen LogP contribution in [0.2, 0.25) is 0 Å². The van der Waals surface area contributed by atoms with Crippen molar-refractivity contribution in [3.05, 3.63) is 28.3 Å². The van der Waals surface area contributed by atoms with Crippen molar-refractivity contribution in [3.63, 3.8) is 0 Å². The Morgan fingerprint density at radius 3 is 2.81 bits per heavy atom. The molecule has 6 nitrogen and oxygen atoms in total. The van der Waals surface area contributed by atoms with Gasteiger partial charge in [-0.2, -0.15) is 0 Å². The third-order valence-electron chi connectivity index (χ3n) is 2.32. The van der Waals surface area contributed by atoms with Gasteiger partial charge in [0, 0.05) is 12.2 Å². The number of nitrogens with one attached hydrogen (secondary N) is 1. The van der Waals surface area contributed by atoms with E-state index in [4.69, 9.17) is 5.11 Å². The maximum Gasteiger partial charge on any atom is 0.337 e. The van der Waals surface area contributed by atoms with Gasteiger partial charge in [0.15, 0.2) is 5.65 Å². The zero-order valence-electron chi connectivity index (χ0n) is 8.89. The molecule has 2 rings (SSSR count). The first-order valence-electron chi connectivity index (χ1n) is 4.84. The van der Waals surface area contributed by atoms with Crippen LogP contribution in [0.1, 0.15) is 30.2 Å². The number of fused-ring (bicyclic) bond motifs is 1. The summed E-state index contributed by atoms with van der Waals surface area (Å²) >= 11 is 0. The Balaban J connectivity index is 2.75. The number of imidazole rings is 1. The van der Waals surface area contributed by atoms with Gasteiger partial charge in [-0.05, 0) is 19.9 Å². The molecule has 84 valence electrons. The number of pyridine rings is 1. The number of nitrogens with zero attached hydrogens (tertiary/aromatic N) is 2. The van der Waals surface area contributed by atoms with Crippen LogP contribution >= 0.6 is 0 Å². The molecule has 6 heteroatoms. The summed E-state index contributed by atoms with van der Waals surface area (Å²) in [6.45, 7) is 3.73. The lowest BCUT2D eigenvalue weighted by Gasteiger charge is -2.05. The molecule has 0 amide bonds. The number of H-pyrrole nitrogens is 1. The molecule has 0 aliphatic heterocycles. The molecule has 0 fully saturated rings. The standard InChI is InChI=1S/C10H11N3O3/c1-5(2)13-8-7(12-10(13)16)3-6(4-11-8)9(14)15/h3-5H,1-2H3,(H,12,16)(H,14,15). The van der Waals surface area contributed by atoms with Gasteiger partial charge in [-0.3, -0.25) is 4.57 Å². The molecule has 2 aromatic rings. The SMILES string of the molecule is CC(C)n1c(=O)[nH]c2cc(C(=O)O)cnc21. The quantitative estimate of drug-likeness (QED) is 0.791. The predicted molar refractivity (Wildman–Crippen MR) is 57.7 cm³/mol. The molecule has 0 atom stereocenters. The number of hydrogen-bond acceptors (Lipinski definition) is 3. The highest BCUT2D eigenvalue weighted by Crippen LogP contribution is 2.13. The van der Waals surface area contributed by atoms with Crippen LogP contribution in [0, 0.1) is 0 Å². The van der Waals surface area contributed by atoms with E-state index in [0.29, 0.717) is 11.2 Å². The third kappa shape index (κ3) is 1.48. The van der Waals surface area contributed by atoms with E-state index in [-0.39, 0.29) is 17.3 Å². The molecular weight excluding hydrogens is 210 g/mol. The summed E-state index contributed by atoms with van der Waals surface area (Å²) in [5.41, 5.74) is 0.702. The molecule has 0 spiro atoms. The highest BCUT2D eigenvalue weighted by molar-refractivity contribution is 5.90. The molecule has 0 saturated carbocycles. The van der Waals surface area contributed by atoms with Crippen molar-refractivity contribution in [2.24, 2.45) is 0 Å². The molecule has 0 aromatic carbocycles. The number of hydrogen-bond donors (Lipinski definition) is 2. The van der Waals surface area contributed by atoms with Crippen LogP contribution in [-0.4, -0.2) is 25.6 Å². The van der Waals surface area contributed by atoms with Crippen LogP contribution in [0.3, 0.4) is 0 Å². The van der Waals surface area contributed by atoms with Gasteiger partial charge >= 0.3 is 11.7 Å². The zero-order valence-corrected chi connectivity index (χ0v) is 8.89. The van der Waals surface area contributed by atoms with Crippen molar-refractivity contribution in [3.8, 4) is 0 Å². The Hall–Kier alpha value is -2.11. The van der Waals surface area contributed by atoms with E-state index in [9.17, 15) is 9.59 Å². The molecule has 0 radical (unpaired) electrons. The van der Waals surface area contributed by atoms with Gasteiger partial charge in [-0.25, -0.2) is 14.6 Å². The Morgan fingerprint density at radius 1 is 1.56 bits per heavy atom. The van der Waals surface area contributed by atoms with E-state index in [1.54, 1.807) is 0 Å². The van der Waals surface area contributed by atoms with Crippen LogP contribution < -0.4 is 5.69 Å². The molecule has 16 heavy (non-hydrogen) atoms. The minimum atomic E-state index is -1.06. The van der Waals surface area contributed by atoms with Crippen molar-refractivity contribution in [1.29, 1.82) is 0 Å². The van der Waals surface area contributed by atoms with Gasteiger partial charge in [0.1, 0.15) is 0 Å². The molecule has 0 aliphatic carbocycles. The fourth-order valence-electron chi connectivity index (χ4n) is 1.61. The lowest BCUT2D eigenvalue weighted by Crippen LogP contribution is -2.18. The average Bonchev–Trinajstić information content (AvgIpc) is 2.51. The highest BCUT2D eigenvalue weighted by atomic mass is 16.4. The Bertz CT molecular complexity index is 609. The third-order valence-corrected chi connectivity index (χ3v) is 2.32. The minimum Gasteiger partial charge on any atom is -0.478 e. The van der Waals surface area contributed by atoms with Gasteiger partial charge < -0.3 is 10.1 Å². The van der Waals surface area contributed by atoms with E-state index in [1.165, 1.54) is 16.8 Å². The molecule has 2 aromatic heterocycles. The topological polar surface area (TPSA) is 88.0 Å². The number of aromatic amines is 1. The second kappa shape index (κ2) is 3.48. The number of carboxylic acids is 1. The number of carbonyl (C=O) groups is 1. The van der Waals surface area contributed by atoms with Gasteiger partial charge in [0.05, 0.1) is 11.1 Å². The molecule has 0 saturated heterocycles. The second-order valence-electron chi connectivity index (χ2n) is 3.79. The van der Waals surface area contributed by atoms with Gasteiger partial charge in [0.25, 0.3) is 0 Å². The first-order valence-corrected chi connectivity index (χ1v) is 4.84. The normalized spacial score (nSPS) is 11.2. The largest absolute Gasteiger partial charge is 0.478 e. The molecule has 0 unspecified atom stereocenters. The molecule has 0 bridgehead atoms. The summed E-state index contributed by atoms with van der Waals surface area (Å²) in [5.74, 6) is -1.06. The van der Waals surface area contributed by atoms with Gasteiger partial charge in [-0.15, -0.1) is 0 Å². The highest BCUT2D eigenvalue weighted by Gasteiger charge is 2.12. The fraction of sp³-hybridized carbons (Fsp3) is 0.300. The second-order valence-corrected chi connectivity index (χ2v) is 3.79. The summed E-state index contributed by atoms with van der Waals surface area (Å²) in [5, 5.41) is 8.79. The zero-order chi connectivity index (χ0) is 11.9. The molecule has 2 N–H and O–H groups in total. The van der Waals surface area contributed by atoms with Gasteiger partial charge in [-0.1, -0.05) is 0 Å². The van der Waals surface area contributed by atoms with Crippen LogP contribution in [0.4, 0.5) is 0 Å². The van der Waals surface area contributed by atoms with E-state index in [0.717, 1.165) is 0 Å².